The third-order valence-electron chi connectivity index (χ3n) is 4.36. The number of carbonyl (C=O) groups excluding carboxylic acids is 1. The molecule has 2 N–H and O–H groups in total. The summed E-state index contributed by atoms with van der Waals surface area (Å²) in [5.41, 5.74) is 5.75. The van der Waals surface area contributed by atoms with E-state index in [1.54, 1.807) is 6.20 Å². The Morgan fingerprint density at radius 3 is 2.69 bits per heavy atom. The van der Waals surface area contributed by atoms with Crippen LogP contribution in [0.25, 0.3) is 23.4 Å². The van der Waals surface area contributed by atoms with Gasteiger partial charge in [0.2, 0.25) is 0 Å². The summed E-state index contributed by atoms with van der Waals surface area (Å²) in [4.78, 5) is 19.7. The third-order valence-corrected chi connectivity index (χ3v) is 4.36. The van der Waals surface area contributed by atoms with Crippen molar-refractivity contribution < 1.29 is 4.79 Å². The molecular formula is C22H19N3O. The topological polar surface area (TPSA) is 57.8 Å². The van der Waals surface area contributed by atoms with Crippen LogP contribution in [0.5, 0.6) is 0 Å². The number of aromatic amines is 1. The predicted octanol–water partition coefficient (Wildman–Crippen LogP) is 4.09. The number of rotatable bonds is 4. The van der Waals surface area contributed by atoms with Crippen molar-refractivity contribution in [3.8, 4) is 11.3 Å². The van der Waals surface area contributed by atoms with E-state index in [4.69, 9.17) is 0 Å². The maximum atomic E-state index is 11.9. The van der Waals surface area contributed by atoms with Gasteiger partial charge < -0.3 is 10.3 Å². The lowest BCUT2D eigenvalue weighted by Gasteiger charge is -2.10. The van der Waals surface area contributed by atoms with Crippen molar-refractivity contribution in [3.63, 3.8) is 0 Å². The summed E-state index contributed by atoms with van der Waals surface area (Å²) in [6.07, 6.45) is 10.6. The number of hydrogen-bond acceptors (Lipinski definition) is 2. The van der Waals surface area contributed by atoms with E-state index in [9.17, 15) is 4.79 Å². The van der Waals surface area contributed by atoms with Gasteiger partial charge in [-0.05, 0) is 29.8 Å². The van der Waals surface area contributed by atoms with Crippen molar-refractivity contribution in [2.45, 2.75) is 6.42 Å². The van der Waals surface area contributed by atoms with Crippen molar-refractivity contribution in [1.82, 2.24) is 15.3 Å². The third kappa shape index (κ3) is 3.49. The number of carbonyl (C=O) groups is 1. The molecule has 0 fully saturated rings. The van der Waals surface area contributed by atoms with E-state index in [0.717, 1.165) is 40.2 Å². The summed E-state index contributed by atoms with van der Waals surface area (Å²) < 4.78 is 0. The zero-order valence-electron chi connectivity index (χ0n) is 14.3. The van der Waals surface area contributed by atoms with E-state index in [1.807, 2.05) is 54.6 Å². The second-order valence-electron chi connectivity index (χ2n) is 6.18. The molecule has 1 amide bonds. The van der Waals surface area contributed by atoms with Gasteiger partial charge in [0.1, 0.15) is 0 Å². The molecular weight excluding hydrogens is 322 g/mol. The van der Waals surface area contributed by atoms with Gasteiger partial charge in [0.15, 0.2) is 0 Å². The van der Waals surface area contributed by atoms with Gasteiger partial charge >= 0.3 is 0 Å². The molecule has 4 rings (SSSR count). The predicted molar refractivity (Wildman–Crippen MR) is 105 cm³/mol. The highest BCUT2D eigenvalue weighted by atomic mass is 16.1. The fourth-order valence-corrected chi connectivity index (χ4v) is 3.04. The molecule has 0 saturated heterocycles. The largest absolute Gasteiger partial charge is 0.358 e. The van der Waals surface area contributed by atoms with E-state index in [0.29, 0.717) is 6.54 Å². The standard InChI is InChI=1S/C22H19N3O/c26-22-19-15-21(25-20(19)11-13-24-22)17-10-12-23-18(14-17)9-5-4-8-16-6-2-1-3-7-16/h1-10,12,14-15,25H,11,13H2,(H,24,26)/b8-4+,9-5-. The first-order valence-corrected chi connectivity index (χ1v) is 8.66. The Balaban J connectivity index is 1.53. The van der Waals surface area contributed by atoms with E-state index in [1.165, 1.54) is 0 Å². The molecule has 0 spiro atoms. The van der Waals surface area contributed by atoms with Crippen LogP contribution in [0.15, 0.2) is 66.9 Å². The number of pyridine rings is 1. The van der Waals surface area contributed by atoms with Gasteiger partial charge in [0.25, 0.3) is 5.91 Å². The average Bonchev–Trinajstić information content (AvgIpc) is 3.12. The second kappa shape index (κ2) is 7.23. The van der Waals surface area contributed by atoms with Crippen molar-refractivity contribution >= 4 is 18.1 Å². The van der Waals surface area contributed by atoms with Crippen LogP contribution in [0, 0.1) is 0 Å². The molecule has 3 heterocycles. The molecule has 2 aromatic heterocycles. The average molecular weight is 341 g/mol. The number of fused-ring (bicyclic) bond motifs is 1. The number of nitrogens with one attached hydrogen (secondary N) is 2. The molecule has 1 aliphatic rings. The summed E-state index contributed by atoms with van der Waals surface area (Å²) in [5, 5.41) is 2.87. The van der Waals surface area contributed by atoms with Crippen molar-refractivity contribution in [2.75, 3.05) is 6.54 Å². The number of benzene rings is 1. The summed E-state index contributed by atoms with van der Waals surface area (Å²) in [6, 6.07) is 16.1. The molecule has 0 radical (unpaired) electrons. The Labute approximate surface area is 152 Å². The minimum absolute atomic E-state index is 0.00558. The lowest BCUT2D eigenvalue weighted by Crippen LogP contribution is -2.31. The molecule has 26 heavy (non-hydrogen) atoms. The van der Waals surface area contributed by atoms with Gasteiger partial charge in [-0.15, -0.1) is 0 Å². The van der Waals surface area contributed by atoms with Crippen molar-refractivity contribution in [2.24, 2.45) is 0 Å². The molecule has 0 unspecified atom stereocenters. The first-order valence-electron chi connectivity index (χ1n) is 8.66. The molecule has 0 aliphatic carbocycles. The van der Waals surface area contributed by atoms with Crippen LogP contribution in [0.4, 0.5) is 0 Å². The van der Waals surface area contributed by atoms with Gasteiger partial charge in [0, 0.05) is 36.1 Å². The summed E-state index contributed by atoms with van der Waals surface area (Å²) in [7, 11) is 0. The molecule has 1 aromatic carbocycles. The second-order valence-corrected chi connectivity index (χ2v) is 6.18. The molecule has 0 bridgehead atoms. The van der Waals surface area contributed by atoms with Crippen LogP contribution in [0.1, 0.15) is 27.3 Å². The van der Waals surface area contributed by atoms with Gasteiger partial charge in [-0.25, -0.2) is 0 Å². The molecule has 0 atom stereocenters. The number of aromatic nitrogens is 2. The van der Waals surface area contributed by atoms with Gasteiger partial charge in [-0.3, -0.25) is 9.78 Å². The van der Waals surface area contributed by atoms with Crippen LogP contribution < -0.4 is 5.32 Å². The Kier molecular flexibility index (Phi) is 4.48. The zero-order chi connectivity index (χ0) is 17.8. The van der Waals surface area contributed by atoms with Crippen molar-refractivity contribution in [3.05, 3.63) is 89.4 Å². The number of H-pyrrole nitrogens is 1. The number of amides is 1. The van der Waals surface area contributed by atoms with Crippen LogP contribution in [-0.2, 0) is 6.42 Å². The van der Waals surface area contributed by atoms with Gasteiger partial charge in [-0.2, -0.15) is 0 Å². The zero-order valence-corrected chi connectivity index (χ0v) is 14.3. The lowest BCUT2D eigenvalue weighted by atomic mass is 10.1. The Hall–Kier alpha value is -3.40. The van der Waals surface area contributed by atoms with E-state index >= 15 is 0 Å². The fraction of sp³-hybridized carbons (Fsp3) is 0.0909. The SMILES string of the molecule is O=C1NCCc2[nH]c(-c3ccnc(/C=C\C=C\c4ccccc4)c3)cc21. The maximum Gasteiger partial charge on any atom is 0.253 e. The van der Waals surface area contributed by atoms with Gasteiger partial charge in [0.05, 0.1) is 11.3 Å². The smallest absolute Gasteiger partial charge is 0.253 e. The van der Waals surface area contributed by atoms with Crippen LogP contribution >= 0.6 is 0 Å². The Bertz CT molecular complexity index is 984. The minimum Gasteiger partial charge on any atom is -0.358 e. The van der Waals surface area contributed by atoms with E-state index < -0.39 is 0 Å². The molecule has 1 aliphatic heterocycles. The summed E-state index contributed by atoms with van der Waals surface area (Å²) >= 11 is 0. The first kappa shape index (κ1) is 16.1. The number of hydrogen-bond donors (Lipinski definition) is 2. The normalized spacial score (nSPS) is 13.9. The molecule has 4 nitrogen and oxygen atoms in total. The quantitative estimate of drug-likeness (QED) is 0.702. The lowest BCUT2D eigenvalue weighted by molar-refractivity contribution is 0.0946. The van der Waals surface area contributed by atoms with E-state index in [-0.39, 0.29) is 5.91 Å². The van der Waals surface area contributed by atoms with Crippen LogP contribution in [-0.4, -0.2) is 22.4 Å². The Morgan fingerprint density at radius 2 is 1.85 bits per heavy atom. The number of nitrogens with zero attached hydrogens (tertiary/aromatic N) is 1. The highest BCUT2D eigenvalue weighted by molar-refractivity contribution is 5.97. The van der Waals surface area contributed by atoms with E-state index in [2.05, 4.69) is 33.5 Å². The van der Waals surface area contributed by atoms with Crippen LogP contribution in [0.3, 0.4) is 0 Å². The highest BCUT2D eigenvalue weighted by Crippen LogP contribution is 2.24. The maximum absolute atomic E-state index is 11.9. The molecule has 0 saturated carbocycles. The minimum atomic E-state index is -0.00558. The fourth-order valence-electron chi connectivity index (χ4n) is 3.04. The molecule has 3 aromatic rings. The molecule has 128 valence electrons. The van der Waals surface area contributed by atoms with Crippen molar-refractivity contribution in [1.29, 1.82) is 0 Å². The van der Waals surface area contributed by atoms with Crippen LogP contribution in [0.2, 0.25) is 0 Å². The Morgan fingerprint density at radius 1 is 1.00 bits per heavy atom. The number of allylic oxidation sites excluding steroid dienone is 2. The first-order chi connectivity index (χ1) is 12.8. The summed E-state index contributed by atoms with van der Waals surface area (Å²) in [6.45, 7) is 0.684. The molecule has 4 heteroatoms. The van der Waals surface area contributed by atoms with Gasteiger partial charge in [-0.1, -0.05) is 48.6 Å². The highest BCUT2D eigenvalue weighted by Gasteiger charge is 2.19. The monoisotopic (exact) mass is 341 g/mol. The summed E-state index contributed by atoms with van der Waals surface area (Å²) in [5.74, 6) is -0.00558.